The molecule has 0 radical (unpaired) electrons. The average Bonchev–Trinajstić information content (AvgIpc) is 2.58. The minimum atomic E-state index is -1.78. The van der Waals surface area contributed by atoms with Crippen molar-refractivity contribution in [3.05, 3.63) is 36.5 Å². The summed E-state index contributed by atoms with van der Waals surface area (Å²) in [5.74, 6) is 0. The summed E-state index contributed by atoms with van der Waals surface area (Å²) in [4.78, 5) is 0. The molecule has 152 valence electrons. The SMILES string of the molecule is OC[Si](C1CC/C=C\CCC1)(C1CC/C=C\CCC1)C1CC/C=C\CCC1. The molecule has 0 saturated carbocycles. The maximum Gasteiger partial charge on any atom is 0.0925 e. The molecule has 3 rings (SSSR count). The summed E-state index contributed by atoms with van der Waals surface area (Å²) in [5.41, 5.74) is 2.53. The molecular weight excluding hydrogens is 344 g/mol. The van der Waals surface area contributed by atoms with Crippen molar-refractivity contribution in [3.63, 3.8) is 0 Å². The first kappa shape index (κ1) is 21.1. The maximum absolute atomic E-state index is 11.1. The van der Waals surface area contributed by atoms with Gasteiger partial charge in [-0.2, -0.15) is 0 Å². The zero-order valence-electron chi connectivity index (χ0n) is 17.5. The standard InChI is InChI=1S/C25H42OSi/c26-22-27(23-16-10-4-1-5-11-17-23,24-18-12-6-2-7-13-19-24)25-20-14-8-3-9-15-21-25/h1-4,6,8,23-26H,5,7,9-22H2/b4-1-,6-2-,8-3-. The van der Waals surface area contributed by atoms with Crippen LogP contribution in [0.1, 0.15) is 96.3 Å². The predicted octanol–water partition coefficient (Wildman–Crippen LogP) is 7.64. The fourth-order valence-corrected chi connectivity index (χ4v) is 13.6. The largest absolute Gasteiger partial charge is 0.400 e. The monoisotopic (exact) mass is 386 g/mol. The Bertz CT molecular complexity index is 437. The van der Waals surface area contributed by atoms with Crippen LogP contribution < -0.4 is 0 Å². The van der Waals surface area contributed by atoms with Crippen LogP contribution in [0.25, 0.3) is 0 Å². The fraction of sp³-hybridized carbons (Fsp3) is 0.760. The summed E-state index contributed by atoms with van der Waals surface area (Å²) in [6, 6.07) is 0. The molecule has 27 heavy (non-hydrogen) atoms. The molecule has 1 nitrogen and oxygen atoms in total. The Labute approximate surface area is 169 Å². The lowest BCUT2D eigenvalue weighted by Gasteiger charge is -2.50. The minimum absolute atomic E-state index is 0.560. The van der Waals surface area contributed by atoms with Crippen molar-refractivity contribution in [1.29, 1.82) is 0 Å². The van der Waals surface area contributed by atoms with E-state index in [4.69, 9.17) is 0 Å². The van der Waals surface area contributed by atoms with E-state index >= 15 is 0 Å². The zero-order valence-corrected chi connectivity index (χ0v) is 18.5. The highest BCUT2D eigenvalue weighted by molar-refractivity contribution is 6.83. The van der Waals surface area contributed by atoms with E-state index in [0.717, 1.165) is 16.6 Å². The topological polar surface area (TPSA) is 20.2 Å². The Morgan fingerprint density at radius 1 is 0.519 bits per heavy atom. The van der Waals surface area contributed by atoms with Crippen LogP contribution in [0.4, 0.5) is 0 Å². The molecule has 3 unspecified atom stereocenters. The van der Waals surface area contributed by atoms with Crippen molar-refractivity contribution >= 4 is 8.07 Å². The Hall–Kier alpha value is -0.603. The first-order chi connectivity index (χ1) is 13.4. The number of rotatable bonds is 4. The van der Waals surface area contributed by atoms with Crippen molar-refractivity contribution in [3.8, 4) is 0 Å². The summed E-state index contributed by atoms with van der Waals surface area (Å²) in [6.07, 6.45) is 34.8. The molecule has 3 aliphatic carbocycles. The third-order valence-electron chi connectivity index (χ3n) is 7.87. The van der Waals surface area contributed by atoms with E-state index < -0.39 is 8.07 Å². The Balaban J connectivity index is 1.92. The molecule has 3 atom stereocenters. The van der Waals surface area contributed by atoms with Gasteiger partial charge in [0.1, 0.15) is 0 Å². The van der Waals surface area contributed by atoms with E-state index in [0.29, 0.717) is 6.23 Å². The molecule has 0 aromatic heterocycles. The number of aliphatic hydroxyl groups excluding tert-OH is 1. The van der Waals surface area contributed by atoms with E-state index in [-0.39, 0.29) is 0 Å². The van der Waals surface area contributed by atoms with E-state index in [1.807, 2.05) is 0 Å². The van der Waals surface area contributed by atoms with Gasteiger partial charge in [-0.25, -0.2) is 0 Å². The maximum atomic E-state index is 11.1. The van der Waals surface area contributed by atoms with Crippen LogP contribution in [0.3, 0.4) is 0 Å². The summed E-state index contributed by atoms with van der Waals surface area (Å²) >= 11 is 0. The van der Waals surface area contributed by atoms with Gasteiger partial charge in [0.25, 0.3) is 0 Å². The highest BCUT2D eigenvalue weighted by atomic mass is 28.3. The molecule has 0 amide bonds. The smallest absolute Gasteiger partial charge is 0.0925 e. The molecule has 0 heterocycles. The van der Waals surface area contributed by atoms with Crippen LogP contribution in [0.15, 0.2) is 36.5 Å². The number of allylic oxidation sites excluding steroid dienone is 6. The molecule has 1 N–H and O–H groups in total. The van der Waals surface area contributed by atoms with Crippen molar-refractivity contribution < 1.29 is 5.11 Å². The first-order valence-corrected chi connectivity index (χ1v) is 14.4. The minimum Gasteiger partial charge on any atom is -0.400 e. The lowest BCUT2D eigenvalue weighted by atomic mass is 10.0. The predicted molar refractivity (Wildman–Crippen MR) is 121 cm³/mol. The third-order valence-corrected chi connectivity index (χ3v) is 14.7. The number of aliphatic hydroxyl groups is 1. The molecule has 0 aliphatic heterocycles. The highest BCUT2D eigenvalue weighted by Crippen LogP contribution is 2.54. The lowest BCUT2D eigenvalue weighted by molar-refractivity contribution is 0.335. The van der Waals surface area contributed by atoms with Crippen molar-refractivity contribution in [1.82, 2.24) is 0 Å². The Kier molecular flexibility index (Phi) is 8.92. The zero-order chi connectivity index (χ0) is 18.8. The van der Waals surface area contributed by atoms with E-state index in [1.165, 1.54) is 96.3 Å². The third kappa shape index (κ3) is 5.47. The molecule has 0 fully saturated rings. The van der Waals surface area contributed by atoms with Gasteiger partial charge in [0.05, 0.1) is 8.07 Å². The molecule has 3 aliphatic rings. The molecule has 0 spiro atoms. The van der Waals surface area contributed by atoms with Crippen LogP contribution in [-0.4, -0.2) is 19.4 Å². The Morgan fingerprint density at radius 2 is 0.852 bits per heavy atom. The molecular formula is C25H42OSi. The second-order valence-corrected chi connectivity index (χ2v) is 14.3. The van der Waals surface area contributed by atoms with Gasteiger partial charge in [-0.05, 0) is 93.7 Å². The summed E-state index contributed by atoms with van der Waals surface area (Å²) in [7, 11) is -1.78. The fourth-order valence-electron chi connectivity index (χ4n) is 6.48. The van der Waals surface area contributed by atoms with Gasteiger partial charge in [-0.15, -0.1) is 0 Å². The summed E-state index contributed by atoms with van der Waals surface area (Å²) in [5, 5.41) is 11.1. The normalized spacial score (nSPS) is 36.6. The van der Waals surface area contributed by atoms with Gasteiger partial charge in [0, 0.05) is 6.23 Å². The summed E-state index contributed by atoms with van der Waals surface area (Å²) in [6.45, 7) is 0. The van der Waals surface area contributed by atoms with Gasteiger partial charge in [0.2, 0.25) is 0 Å². The van der Waals surface area contributed by atoms with Crippen LogP contribution >= 0.6 is 0 Å². The lowest BCUT2D eigenvalue weighted by Crippen LogP contribution is -2.53. The van der Waals surface area contributed by atoms with Gasteiger partial charge in [-0.3, -0.25) is 0 Å². The van der Waals surface area contributed by atoms with Crippen LogP contribution in [-0.2, 0) is 0 Å². The van der Waals surface area contributed by atoms with E-state index in [2.05, 4.69) is 36.5 Å². The quantitative estimate of drug-likeness (QED) is 0.389. The molecule has 0 saturated heterocycles. The molecule has 2 heteroatoms. The molecule has 0 aromatic carbocycles. The number of hydrogen-bond acceptors (Lipinski definition) is 1. The van der Waals surface area contributed by atoms with Crippen LogP contribution in [0, 0.1) is 0 Å². The average molecular weight is 387 g/mol. The van der Waals surface area contributed by atoms with Crippen LogP contribution in [0.2, 0.25) is 16.6 Å². The van der Waals surface area contributed by atoms with Crippen molar-refractivity contribution in [2.24, 2.45) is 0 Å². The van der Waals surface area contributed by atoms with Crippen molar-refractivity contribution in [2.45, 2.75) is 113 Å². The van der Waals surface area contributed by atoms with Gasteiger partial charge < -0.3 is 5.11 Å². The molecule has 0 aromatic rings. The van der Waals surface area contributed by atoms with E-state index in [9.17, 15) is 5.11 Å². The van der Waals surface area contributed by atoms with Crippen LogP contribution in [0.5, 0.6) is 0 Å². The van der Waals surface area contributed by atoms with Gasteiger partial charge >= 0.3 is 0 Å². The second kappa shape index (κ2) is 11.4. The highest BCUT2D eigenvalue weighted by Gasteiger charge is 2.50. The summed E-state index contributed by atoms with van der Waals surface area (Å²) < 4.78 is 0. The molecule has 0 bridgehead atoms. The van der Waals surface area contributed by atoms with Crippen molar-refractivity contribution in [2.75, 3.05) is 6.23 Å². The first-order valence-electron chi connectivity index (χ1n) is 11.9. The van der Waals surface area contributed by atoms with Gasteiger partial charge in [0.15, 0.2) is 0 Å². The second-order valence-electron chi connectivity index (χ2n) is 9.30. The van der Waals surface area contributed by atoms with Gasteiger partial charge in [-0.1, -0.05) is 55.7 Å². The Morgan fingerprint density at radius 3 is 1.19 bits per heavy atom. The number of hydrogen-bond donors (Lipinski definition) is 1. The van der Waals surface area contributed by atoms with E-state index in [1.54, 1.807) is 0 Å².